The molecule has 0 heterocycles. The minimum atomic E-state index is -0.816. The molecule has 1 rings (SSSR count). The number of carboxylic acids is 1. The summed E-state index contributed by atoms with van der Waals surface area (Å²) in [5.41, 5.74) is 1.71. The lowest BCUT2D eigenvalue weighted by atomic mass is 9.98. The quantitative estimate of drug-likeness (QED) is 0.613. The maximum absolute atomic E-state index is 10.7. The molecule has 74 valence electrons. The Balaban J connectivity index is 3.05. The molecule has 0 saturated heterocycles. The van der Waals surface area contributed by atoms with Crippen LogP contribution in [0.1, 0.15) is 30.9 Å². The highest BCUT2D eigenvalue weighted by molar-refractivity contribution is 7.80. The van der Waals surface area contributed by atoms with Gasteiger partial charge in [-0.2, -0.15) is 0 Å². The summed E-state index contributed by atoms with van der Waals surface area (Å²) in [5, 5.41) is 8.83. The standard InChI is InChI=1S/C11H12O2S/c1-7(11(12)13)9-4-3-5-10(6-9)8(2)14/h3-7H,1-2H3,(H,12,13). The van der Waals surface area contributed by atoms with Crippen molar-refractivity contribution in [1.29, 1.82) is 0 Å². The van der Waals surface area contributed by atoms with Crippen molar-refractivity contribution in [2.45, 2.75) is 19.8 Å². The minimum Gasteiger partial charge on any atom is -0.481 e. The van der Waals surface area contributed by atoms with Gasteiger partial charge in [-0.1, -0.05) is 30.4 Å². The Morgan fingerprint density at radius 1 is 1.50 bits per heavy atom. The van der Waals surface area contributed by atoms with Crippen LogP contribution in [0.15, 0.2) is 24.3 Å². The van der Waals surface area contributed by atoms with E-state index in [1.165, 1.54) is 0 Å². The van der Waals surface area contributed by atoms with E-state index in [1.54, 1.807) is 13.0 Å². The number of benzene rings is 1. The van der Waals surface area contributed by atoms with E-state index in [-0.39, 0.29) is 0 Å². The molecule has 1 aromatic rings. The van der Waals surface area contributed by atoms with Gasteiger partial charge in [-0.15, -0.1) is 0 Å². The summed E-state index contributed by atoms with van der Waals surface area (Å²) in [6.45, 7) is 3.50. The molecule has 3 heteroatoms. The van der Waals surface area contributed by atoms with Gasteiger partial charge in [0.2, 0.25) is 0 Å². The van der Waals surface area contributed by atoms with E-state index < -0.39 is 11.9 Å². The van der Waals surface area contributed by atoms with Gasteiger partial charge in [0.1, 0.15) is 0 Å². The zero-order chi connectivity index (χ0) is 10.7. The highest BCUT2D eigenvalue weighted by Gasteiger charge is 2.13. The highest BCUT2D eigenvalue weighted by atomic mass is 32.1. The van der Waals surface area contributed by atoms with Gasteiger partial charge in [0.25, 0.3) is 0 Å². The summed E-state index contributed by atoms with van der Waals surface area (Å²) in [7, 11) is 0. The number of aliphatic carboxylic acids is 1. The van der Waals surface area contributed by atoms with Crippen LogP contribution >= 0.6 is 12.2 Å². The van der Waals surface area contributed by atoms with Gasteiger partial charge >= 0.3 is 5.97 Å². The second-order valence-corrected chi connectivity index (χ2v) is 3.85. The summed E-state index contributed by atoms with van der Waals surface area (Å²) in [4.78, 5) is 11.5. The average molecular weight is 208 g/mol. The van der Waals surface area contributed by atoms with Gasteiger partial charge in [-0.05, 0) is 31.0 Å². The predicted octanol–water partition coefficient (Wildman–Crippen LogP) is 2.61. The van der Waals surface area contributed by atoms with Gasteiger partial charge in [-0.3, -0.25) is 4.79 Å². The average Bonchev–Trinajstić information content (AvgIpc) is 2.16. The third-order valence-electron chi connectivity index (χ3n) is 2.16. The van der Waals surface area contributed by atoms with Crippen molar-refractivity contribution in [2.24, 2.45) is 0 Å². The van der Waals surface area contributed by atoms with Crippen LogP contribution in [0.5, 0.6) is 0 Å². The maximum Gasteiger partial charge on any atom is 0.310 e. The Kier molecular flexibility index (Phi) is 3.36. The second kappa shape index (κ2) is 4.33. The largest absolute Gasteiger partial charge is 0.481 e. The van der Waals surface area contributed by atoms with Crippen molar-refractivity contribution in [1.82, 2.24) is 0 Å². The molecule has 0 spiro atoms. The van der Waals surface area contributed by atoms with Crippen LogP contribution in [0.2, 0.25) is 0 Å². The number of hydrogen-bond acceptors (Lipinski definition) is 2. The summed E-state index contributed by atoms with van der Waals surface area (Å²) in [6.07, 6.45) is 0. The molecule has 1 aromatic carbocycles. The smallest absolute Gasteiger partial charge is 0.310 e. The first kappa shape index (κ1) is 10.9. The Morgan fingerprint density at radius 2 is 2.14 bits per heavy atom. The van der Waals surface area contributed by atoms with Crippen LogP contribution in [0, 0.1) is 0 Å². The maximum atomic E-state index is 10.7. The van der Waals surface area contributed by atoms with Gasteiger partial charge < -0.3 is 5.11 Å². The summed E-state index contributed by atoms with van der Waals surface area (Å²) < 4.78 is 0. The molecule has 14 heavy (non-hydrogen) atoms. The third kappa shape index (κ3) is 2.39. The Labute approximate surface area is 88.6 Å². The fraction of sp³-hybridized carbons (Fsp3) is 0.273. The molecule has 0 aliphatic heterocycles. The van der Waals surface area contributed by atoms with Gasteiger partial charge in [0.05, 0.1) is 5.92 Å². The Morgan fingerprint density at radius 3 is 2.64 bits per heavy atom. The van der Waals surface area contributed by atoms with Gasteiger partial charge in [-0.25, -0.2) is 0 Å². The van der Waals surface area contributed by atoms with Gasteiger partial charge in [0.15, 0.2) is 0 Å². The molecule has 1 atom stereocenters. The van der Waals surface area contributed by atoms with Crippen LogP contribution < -0.4 is 0 Å². The molecule has 2 nitrogen and oxygen atoms in total. The minimum absolute atomic E-state index is 0.482. The monoisotopic (exact) mass is 208 g/mol. The van der Waals surface area contributed by atoms with E-state index >= 15 is 0 Å². The van der Waals surface area contributed by atoms with Crippen molar-refractivity contribution in [3.05, 3.63) is 35.4 Å². The zero-order valence-electron chi connectivity index (χ0n) is 8.15. The lowest BCUT2D eigenvalue weighted by molar-refractivity contribution is -0.138. The van der Waals surface area contributed by atoms with Crippen LogP contribution in [0.4, 0.5) is 0 Å². The van der Waals surface area contributed by atoms with Crippen molar-refractivity contribution >= 4 is 23.1 Å². The molecule has 1 unspecified atom stereocenters. The molecule has 1 N–H and O–H groups in total. The number of carbonyl (C=O) groups is 1. The summed E-state index contributed by atoms with van der Waals surface area (Å²) in [6, 6.07) is 7.36. The first-order valence-electron chi connectivity index (χ1n) is 4.36. The van der Waals surface area contributed by atoms with Gasteiger partial charge in [0, 0.05) is 4.86 Å². The molecule has 0 fully saturated rings. The molecule has 0 aliphatic rings. The molecule has 0 saturated carbocycles. The second-order valence-electron chi connectivity index (χ2n) is 3.24. The first-order chi connectivity index (χ1) is 6.52. The fourth-order valence-corrected chi connectivity index (χ4v) is 1.30. The van der Waals surface area contributed by atoms with Crippen LogP contribution in [-0.4, -0.2) is 15.9 Å². The first-order valence-corrected chi connectivity index (χ1v) is 4.77. The number of hydrogen-bond donors (Lipinski definition) is 1. The van der Waals surface area contributed by atoms with Crippen LogP contribution in [-0.2, 0) is 4.79 Å². The van der Waals surface area contributed by atoms with Crippen molar-refractivity contribution < 1.29 is 9.90 Å². The Hall–Kier alpha value is -1.22. The van der Waals surface area contributed by atoms with E-state index in [4.69, 9.17) is 17.3 Å². The lowest BCUT2D eigenvalue weighted by Gasteiger charge is -2.07. The Bertz CT molecular complexity index is 371. The van der Waals surface area contributed by atoms with Crippen molar-refractivity contribution in [3.8, 4) is 0 Å². The molecular formula is C11H12O2S. The van der Waals surface area contributed by atoms with E-state index in [2.05, 4.69) is 0 Å². The summed E-state index contributed by atoms with van der Waals surface area (Å²) in [5.74, 6) is -1.30. The number of rotatable bonds is 3. The van der Waals surface area contributed by atoms with E-state index in [0.717, 1.165) is 16.0 Å². The SMILES string of the molecule is CC(=S)c1cccc(C(C)C(=O)O)c1. The normalized spacial score (nSPS) is 12.1. The molecule has 0 amide bonds. The fourth-order valence-electron chi connectivity index (χ4n) is 1.17. The predicted molar refractivity (Wildman–Crippen MR) is 59.9 cm³/mol. The summed E-state index contributed by atoms with van der Waals surface area (Å²) >= 11 is 5.03. The lowest BCUT2D eigenvalue weighted by Crippen LogP contribution is -2.07. The zero-order valence-corrected chi connectivity index (χ0v) is 8.97. The van der Waals surface area contributed by atoms with Crippen molar-refractivity contribution in [3.63, 3.8) is 0 Å². The molecular weight excluding hydrogens is 196 g/mol. The van der Waals surface area contributed by atoms with Crippen LogP contribution in [0.25, 0.3) is 0 Å². The highest BCUT2D eigenvalue weighted by Crippen LogP contribution is 2.17. The molecule has 0 radical (unpaired) electrons. The topological polar surface area (TPSA) is 37.3 Å². The van der Waals surface area contributed by atoms with E-state index in [0.29, 0.717) is 0 Å². The van der Waals surface area contributed by atoms with E-state index in [9.17, 15) is 4.79 Å². The van der Waals surface area contributed by atoms with Crippen LogP contribution in [0.3, 0.4) is 0 Å². The molecule has 0 aromatic heterocycles. The number of thiocarbonyl (C=S) groups is 1. The van der Waals surface area contributed by atoms with E-state index in [1.807, 2.05) is 25.1 Å². The molecule has 0 bridgehead atoms. The third-order valence-corrected chi connectivity index (χ3v) is 2.40. The number of carboxylic acid groups (broad SMARTS) is 1. The van der Waals surface area contributed by atoms with Crippen molar-refractivity contribution in [2.75, 3.05) is 0 Å². The molecule has 0 aliphatic carbocycles.